The van der Waals surface area contributed by atoms with Crippen molar-refractivity contribution >= 4 is 11.8 Å². The summed E-state index contributed by atoms with van der Waals surface area (Å²) in [6.07, 6.45) is 5.12. The highest BCUT2D eigenvalue weighted by Crippen LogP contribution is 2.21. The van der Waals surface area contributed by atoms with Crippen LogP contribution in [0, 0.1) is 0 Å². The predicted octanol–water partition coefficient (Wildman–Crippen LogP) is 2.15. The Hall–Kier alpha value is -0.580. The Morgan fingerprint density at radius 1 is 1.47 bits per heavy atom. The van der Waals surface area contributed by atoms with Gasteiger partial charge in [-0.05, 0) is 31.9 Å². The average Bonchev–Trinajstić information content (AvgIpc) is 2.38. The largest absolute Gasteiger partial charge is 0.329 e. The molecule has 0 spiro atoms. The van der Waals surface area contributed by atoms with Gasteiger partial charge in [-0.3, -0.25) is 9.88 Å². The van der Waals surface area contributed by atoms with Gasteiger partial charge >= 0.3 is 0 Å². The molecule has 0 aliphatic heterocycles. The first-order chi connectivity index (χ1) is 8.24. The summed E-state index contributed by atoms with van der Waals surface area (Å²) in [4.78, 5) is 6.78. The summed E-state index contributed by atoms with van der Waals surface area (Å²) in [5, 5.41) is 0. The summed E-state index contributed by atoms with van der Waals surface area (Å²) >= 11 is 1.88. The highest BCUT2D eigenvalue weighted by molar-refractivity contribution is 7.98. The van der Waals surface area contributed by atoms with Crippen LogP contribution in [0.5, 0.6) is 0 Å². The smallest absolute Gasteiger partial charge is 0.0644 e. The molecule has 0 aliphatic carbocycles. The first kappa shape index (κ1) is 14.5. The molecule has 0 fully saturated rings. The van der Waals surface area contributed by atoms with E-state index in [-0.39, 0.29) is 6.04 Å². The van der Waals surface area contributed by atoms with Gasteiger partial charge in [-0.25, -0.2) is 0 Å². The summed E-state index contributed by atoms with van der Waals surface area (Å²) < 4.78 is 0. The van der Waals surface area contributed by atoms with Gasteiger partial charge in [0.15, 0.2) is 0 Å². The SMILES string of the molecule is CCC(CSC)N(C)C(CN)c1ccccn1. The van der Waals surface area contributed by atoms with E-state index < -0.39 is 0 Å². The van der Waals surface area contributed by atoms with Crippen molar-refractivity contribution in [2.24, 2.45) is 5.73 Å². The molecule has 17 heavy (non-hydrogen) atoms. The van der Waals surface area contributed by atoms with Crippen molar-refractivity contribution < 1.29 is 0 Å². The van der Waals surface area contributed by atoms with E-state index >= 15 is 0 Å². The van der Waals surface area contributed by atoms with Gasteiger partial charge in [-0.15, -0.1) is 0 Å². The molecule has 1 heterocycles. The monoisotopic (exact) mass is 253 g/mol. The van der Waals surface area contributed by atoms with Crippen molar-refractivity contribution in [1.82, 2.24) is 9.88 Å². The number of aromatic nitrogens is 1. The normalized spacial score (nSPS) is 14.9. The summed E-state index contributed by atoms with van der Waals surface area (Å²) in [5.74, 6) is 1.14. The Morgan fingerprint density at radius 2 is 2.24 bits per heavy atom. The van der Waals surface area contributed by atoms with Crippen molar-refractivity contribution in [1.29, 1.82) is 0 Å². The molecule has 3 nitrogen and oxygen atoms in total. The summed E-state index contributed by atoms with van der Waals surface area (Å²) in [5.41, 5.74) is 6.97. The van der Waals surface area contributed by atoms with Crippen LogP contribution < -0.4 is 5.73 Å². The zero-order valence-electron chi connectivity index (χ0n) is 11.0. The fourth-order valence-corrected chi connectivity index (χ4v) is 2.89. The molecule has 96 valence electrons. The molecule has 0 saturated heterocycles. The molecule has 2 atom stereocenters. The van der Waals surface area contributed by atoms with Gasteiger partial charge in [0, 0.05) is 24.5 Å². The molecule has 0 bridgehead atoms. The Balaban J connectivity index is 2.79. The minimum Gasteiger partial charge on any atom is -0.329 e. The Bertz CT molecular complexity index is 305. The summed E-state index contributed by atoms with van der Waals surface area (Å²) in [6, 6.07) is 6.79. The third-order valence-electron chi connectivity index (χ3n) is 3.15. The number of nitrogens with zero attached hydrogens (tertiary/aromatic N) is 2. The topological polar surface area (TPSA) is 42.1 Å². The fraction of sp³-hybridized carbons (Fsp3) is 0.615. The van der Waals surface area contributed by atoms with Crippen LogP contribution in [-0.2, 0) is 0 Å². The molecule has 4 heteroatoms. The van der Waals surface area contributed by atoms with Crippen LogP contribution in [0.4, 0.5) is 0 Å². The quantitative estimate of drug-likeness (QED) is 0.808. The minimum atomic E-state index is 0.216. The fourth-order valence-electron chi connectivity index (χ4n) is 2.04. The van der Waals surface area contributed by atoms with Crippen molar-refractivity contribution in [2.45, 2.75) is 25.4 Å². The minimum absolute atomic E-state index is 0.216. The van der Waals surface area contributed by atoms with Crippen LogP contribution in [0.2, 0.25) is 0 Å². The van der Waals surface area contributed by atoms with E-state index in [0.29, 0.717) is 12.6 Å². The van der Waals surface area contributed by atoms with E-state index in [0.717, 1.165) is 17.9 Å². The van der Waals surface area contributed by atoms with E-state index in [4.69, 9.17) is 5.73 Å². The van der Waals surface area contributed by atoms with E-state index in [1.54, 1.807) is 0 Å². The highest BCUT2D eigenvalue weighted by atomic mass is 32.2. The van der Waals surface area contributed by atoms with Crippen LogP contribution in [0.1, 0.15) is 25.1 Å². The predicted molar refractivity (Wildman–Crippen MR) is 76.3 cm³/mol. The zero-order chi connectivity index (χ0) is 12.7. The summed E-state index contributed by atoms with van der Waals surface area (Å²) in [6.45, 7) is 2.84. The number of hydrogen-bond acceptors (Lipinski definition) is 4. The van der Waals surface area contributed by atoms with Crippen molar-refractivity contribution in [3.63, 3.8) is 0 Å². The molecular formula is C13H23N3S. The van der Waals surface area contributed by atoms with Gasteiger partial charge in [-0.2, -0.15) is 11.8 Å². The molecule has 0 amide bonds. The number of nitrogens with two attached hydrogens (primary N) is 1. The zero-order valence-corrected chi connectivity index (χ0v) is 11.8. The maximum absolute atomic E-state index is 5.91. The molecule has 2 unspecified atom stereocenters. The Morgan fingerprint density at radius 3 is 2.71 bits per heavy atom. The van der Waals surface area contributed by atoms with Gasteiger partial charge in [0.2, 0.25) is 0 Å². The molecule has 1 aromatic heterocycles. The number of thioether (sulfide) groups is 1. The Labute approximate surface area is 109 Å². The first-order valence-electron chi connectivity index (χ1n) is 6.06. The van der Waals surface area contributed by atoms with Gasteiger partial charge < -0.3 is 5.73 Å². The van der Waals surface area contributed by atoms with Crippen molar-refractivity contribution in [3.05, 3.63) is 30.1 Å². The molecule has 1 rings (SSSR count). The van der Waals surface area contributed by atoms with Crippen LogP contribution >= 0.6 is 11.8 Å². The van der Waals surface area contributed by atoms with Gasteiger partial charge in [0.1, 0.15) is 0 Å². The lowest BCUT2D eigenvalue weighted by Gasteiger charge is -2.33. The number of likely N-dealkylation sites (N-methyl/N-ethyl adjacent to an activating group) is 1. The second-order valence-electron chi connectivity index (χ2n) is 4.19. The van der Waals surface area contributed by atoms with Crippen molar-refractivity contribution in [2.75, 3.05) is 25.6 Å². The molecule has 0 aromatic carbocycles. The average molecular weight is 253 g/mol. The lowest BCUT2D eigenvalue weighted by atomic mass is 10.1. The molecule has 0 aliphatic rings. The summed E-state index contributed by atoms with van der Waals surface area (Å²) in [7, 11) is 2.15. The third-order valence-corrected chi connectivity index (χ3v) is 3.87. The standard InChI is InChI=1S/C13H23N3S/c1-4-11(10-17-3)16(2)13(9-14)12-7-5-6-8-15-12/h5-8,11,13H,4,9-10,14H2,1-3H3. The second kappa shape index (κ2) is 7.69. The van der Waals surface area contributed by atoms with E-state index in [1.807, 2.05) is 30.1 Å². The van der Waals surface area contributed by atoms with Gasteiger partial charge in [0.05, 0.1) is 11.7 Å². The van der Waals surface area contributed by atoms with E-state index in [2.05, 4.69) is 36.2 Å². The lowest BCUT2D eigenvalue weighted by Crippen LogP contribution is -2.40. The molecule has 0 saturated carbocycles. The van der Waals surface area contributed by atoms with Gasteiger partial charge in [-0.1, -0.05) is 13.0 Å². The molecule has 2 N–H and O–H groups in total. The van der Waals surface area contributed by atoms with Crippen LogP contribution in [0.15, 0.2) is 24.4 Å². The number of rotatable bonds is 7. The molecular weight excluding hydrogens is 230 g/mol. The number of pyridine rings is 1. The van der Waals surface area contributed by atoms with Crippen LogP contribution in [-0.4, -0.2) is 41.5 Å². The van der Waals surface area contributed by atoms with Crippen LogP contribution in [0.3, 0.4) is 0 Å². The van der Waals surface area contributed by atoms with E-state index in [9.17, 15) is 0 Å². The van der Waals surface area contributed by atoms with Gasteiger partial charge in [0.25, 0.3) is 0 Å². The second-order valence-corrected chi connectivity index (χ2v) is 5.10. The van der Waals surface area contributed by atoms with E-state index in [1.165, 1.54) is 0 Å². The maximum atomic E-state index is 5.91. The Kier molecular flexibility index (Phi) is 6.55. The van der Waals surface area contributed by atoms with Crippen molar-refractivity contribution in [3.8, 4) is 0 Å². The molecule has 1 aromatic rings. The third kappa shape index (κ3) is 3.98. The highest BCUT2D eigenvalue weighted by Gasteiger charge is 2.22. The first-order valence-corrected chi connectivity index (χ1v) is 7.45. The van der Waals surface area contributed by atoms with Crippen LogP contribution in [0.25, 0.3) is 0 Å². The number of hydrogen-bond donors (Lipinski definition) is 1. The molecule has 0 radical (unpaired) electrons. The maximum Gasteiger partial charge on any atom is 0.0644 e. The lowest BCUT2D eigenvalue weighted by molar-refractivity contribution is 0.184.